The summed E-state index contributed by atoms with van der Waals surface area (Å²) < 4.78 is 13.5. The molecule has 116 valence electrons. The van der Waals surface area contributed by atoms with Gasteiger partial charge in [0.25, 0.3) is 0 Å². The Bertz CT molecular complexity index is 534. The number of carbonyl (C=O) groups excluding carboxylic acids is 1. The van der Waals surface area contributed by atoms with Gasteiger partial charge in [-0.25, -0.2) is 14.0 Å². The van der Waals surface area contributed by atoms with Crippen LogP contribution in [0.3, 0.4) is 0 Å². The molecule has 0 heterocycles. The normalized spacial score (nSPS) is 14.9. The van der Waals surface area contributed by atoms with E-state index >= 15 is 0 Å². The number of nitrogens with one attached hydrogen (secondary N) is 2. The number of carboxylic acid groups (broad SMARTS) is 1. The van der Waals surface area contributed by atoms with Crippen LogP contribution in [-0.2, 0) is 4.79 Å². The third kappa shape index (κ3) is 4.71. The topological polar surface area (TPSA) is 98.7 Å². The predicted octanol–water partition coefficient (Wildman–Crippen LogP) is 1.33. The van der Waals surface area contributed by atoms with Crippen LogP contribution in [0.1, 0.15) is 31.0 Å². The summed E-state index contributed by atoms with van der Waals surface area (Å²) in [5, 5.41) is 22.8. The Morgan fingerprint density at radius 1 is 1.24 bits per heavy atom. The van der Waals surface area contributed by atoms with Gasteiger partial charge in [0.1, 0.15) is 5.82 Å². The highest BCUT2D eigenvalue weighted by Crippen LogP contribution is 2.16. The first-order chi connectivity index (χ1) is 9.72. The Hall–Kier alpha value is -2.15. The second-order valence-electron chi connectivity index (χ2n) is 4.90. The SMILES string of the molecule is Cc1ccc(C(C)NC(=O)NC(C(=O)O)C(C)O)cc1F. The maximum Gasteiger partial charge on any atom is 0.328 e. The third-order valence-corrected chi connectivity index (χ3v) is 3.08. The van der Waals surface area contributed by atoms with Gasteiger partial charge in [0.05, 0.1) is 12.1 Å². The summed E-state index contributed by atoms with van der Waals surface area (Å²) in [6.07, 6.45) is -1.24. The number of rotatable bonds is 5. The van der Waals surface area contributed by atoms with Gasteiger partial charge in [0.15, 0.2) is 6.04 Å². The van der Waals surface area contributed by atoms with E-state index in [0.29, 0.717) is 11.1 Å². The summed E-state index contributed by atoms with van der Waals surface area (Å²) in [7, 11) is 0. The van der Waals surface area contributed by atoms with Crippen LogP contribution >= 0.6 is 0 Å². The Kier molecular flexibility index (Phi) is 5.66. The zero-order valence-electron chi connectivity index (χ0n) is 12.1. The number of aryl methyl sites for hydroxylation is 1. The average Bonchev–Trinajstić information content (AvgIpc) is 2.38. The molecule has 4 N–H and O–H groups in total. The van der Waals surface area contributed by atoms with Crippen LogP contribution in [0.15, 0.2) is 18.2 Å². The number of hydrogen-bond acceptors (Lipinski definition) is 3. The van der Waals surface area contributed by atoms with Gasteiger partial charge in [0.2, 0.25) is 0 Å². The van der Waals surface area contributed by atoms with Crippen LogP contribution in [0, 0.1) is 12.7 Å². The number of aliphatic hydroxyl groups excluding tert-OH is 1. The molecule has 1 aromatic carbocycles. The summed E-state index contributed by atoms with van der Waals surface area (Å²) in [5.41, 5.74) is 1.05. The number of carboxylic acids is 1. The van der Waals surface area contributed by atoms with E-state index in [1.807, 2.05) is 0 Å². The highest BCUT2D eigenvalue weighted by molar-refractivity contribution is 5.83. The highest BCUT2D eigenvalue weighted by Gasteiger charge is 2.25. The fourth-order valence-corrected chi connectivity index (χ4v) is 1.73. The molecule has 0 aliphatic carbocycles. The van der Waals surface area contributed by atoms with Crippen LogP contribution in [0.25, 0.3) is 0 Å². The van der Waals surface area contributed by atoms with Gasteiger partial charge in [-0.15, -0.1) is 0 Å². The molecule has 0 aromatic heterocycles. The lowest BCUT2D eigenvalue weighted by molar-refractivity contribution is -0.141. The first kappa shape index (κ1) is 16.9. The molecule has 0 aliphatic rings. The summed E-state index contributed by atoms with van der Waals surface area (Å²) in [4.78, 5) is 22.6. The van der Waals surface area contributed by atoms with E-state index in [9.17, 15) is 19.1 Å². The van der Waals surface area contributed by atoms with Crippen LogP contribution < -0.4 is 10.6 Å². The van der Waals surface area contributed by atoms with Gasteiger partial charge in [0, 0.05) is 0 Å². The van der Waals surface area contributed by atoms with Gasteiger partial charge < -0.3 is 20.8 Å². The van der Waals surface area contributed by atoms with Gasteiger partial charge >= 0.3 is 12.0 Å². The van der Waals surface area contributed by atoms with Crippen molar-refractivity contribution in [2.24, 2.45) is 0 Å². The largest absolute Gasteiger partial charge is 0.480 e. The molecule has 2 amide bonds. The summed E-state index contributed by atoms with van der Waals surface area (Å²) in [6.45, 7) is 4.53. The van der Waals surface area contributed by atoms with Gasteiger partial charge in [-0.2, -0.15) is 0 Å². The number of aliphatic hydroxyl groups is 1. The van der Waals surface area contributed by atoms with Crippen molar-refractivity contribution < 1.29 is 24.2 Å². The molecule has 1 aromatic rings. The standard InChI is InChI=1S/C14H19FN2O4/c1-7-4-5-10(6-11(7)15)8(2)16-14(21)17-12(9(3)18)13(19)20/h4-6,8-9,12,18H,1-3H3,(H,19,20)(H2,16,17,21). The summed E-state index contributed by atoms with van der Waals surface area (Å²) in [6, 6.07) is 1.90. The average molecular weight is 298 g/mol. The maximum atomic E-state index is 13.5. The number of amides is 2. The molecule has 3 unspecified atom stereocenters. The molecule has 0 spiro atoms. The quantitative estimate of drug-likeness (QED) is 0.659. The minimum atomic E-state index is -1.41. The lowest BCUT2D eigenvalue weighted by atomic mass is 10.1. The lowest BCUT2D eigenvalue weighted by Gasteiger charge is -2.20. The molecule has 3 atom stereocenters. The van der Waals surface area contributed by atoms with Crippen molar-refractivity contribution in [3.63, 3.8) is 0 Å². The summed E-state index contributed by atoms with van der Waals surface area (Å²) in [5.74, 6) is -1.72. The number of halogens is 1. The zero-order valence-corrected chi connectivity index (χ0v) is 12.1. The molecule has 0 aliphatic heterocycles. The molecule has 21 heavy (non-hydrogen) atoms. The molecule has 0 saturated carbocycles. The van der Waals surface area contributed by atoms with Crippen LogP contribution in [0.2, 0.25) is 0 Å². The molecule has 1 rings (SSSR count). The van der Waals surface area contributed by atoms with Crippen LogP contribution in [0.4, 0.5) is 9.18 Å². The minimum Gasteiger partial charge on any atom is -0.480 e. The molecule has 0 bridgehead atoms. The van der Waals surface area contributed by atoms with Crippen LogP contribution in [-0.4, -0.2) is 34.4 Å². The van der Waals surface area contributed by atoms with Crippen molar-refractivity contribution in [3.8, 4) is 0 Å². The molecule has 0 saturated heterocycles. The Labute approximate surface area is 122 Å². The molecule has 7 heteroatoms. The Morgan fingerprint density at radius 2 is 1.86 bits per heavy atom. The van der Waals surface area contributed by atoms with Crippen LogP contribution in [0.5, 0.6) is 0 Å². The predicted molar refractivity (Wildman–Crippen MR) is 74.3 cm³/mol. The smallest absolute Gasteiger partial charge is 0.328 e. The number of carbonyl (C=O) groups is 2. The molecule has 6 nitrogen and oxygen atoms in total. The Morgan fingerprint density at radius 3 is 2.33 bits per heavy atom. The highest BCUT2D eigenvalue weighted by atomic mass is 19.1. The zero-order chi connectivity index (χ0) is 16.2. The molecule has 0 radical (unpaired) electrons. The maximum absolute atomic E-state index is 13.5. The summed E-state index contributed by atoms with van der Waals surface area (Å²) >= 11 is 0. The van der Waals surface area contributed by atoms with E-state index in [4.69, 9.17) is 5.11 Å². The van der Waals surface area contributed by atoms with E-state index < -0.39 is 30.2 Å². The van der Waals surface area contributed by atoms with E-state index in [0.717, 1.165) is 0 Å². The van der Waals surface area contributed by atoms with Crippen molar-refractivity contribution >= 4 is 12.0 Å². The second-order valence-corrected chi connectivity index (χ2v) is 4.90. The number of hydrogen-bond donors (Lipinski definition) is 4. The lowest BCUT2D eigenvalue weighted by Crippen LogP contribution is -2.51. The van der Waals surface area contributed by atoms with Gasteiger partial charge in [-0.05, 0) is 38.0 Å². The fourth-order valence-electron chi connectivity index (χ4n) is 1.73. The second kappa shape index (κ2) is 7.03. The fraction of sp³-hybridized carbons (Fsp3) is 0.429. The molecule has 0 fully saturated rings. The minimum absolute atomic E-state index is 0.381. The number of benzene rings is 1. The van der Waals surface area contributed by atoms with Crippen molar-refractivity contribution in [1.82, 2.24) is 10.6 Å². The van der Waals surface area contributed by atoms with E-state index in [-0.39, 0.29) is 5.82 Å². The van der Waals surface area contributed by atoms with Crippen molar-refractivity contribution in [2.75, 3.05) is 0 Å². The van der Waals surface area contributed by atoms with Gasteiger partial charge in [-0.1, -0.05) is 12.1 Å². The third-order valence-electron chi connectivity index (χ3n) is 3.08. The van der Waals surface area contributed by atoms with Crippen molar-refractivity contribution in [3.05, 3.63) is 35.1 Å². The number of aliphatic carboxylic acids is 1. The first-order valence-corrected chi connectivity index (χ1v) is 6.46. The van der Waals surface area contributed by atoms with Gasteiger partial charge in [-0.3, -0.25) is 0 Å². The van der Waals surface area contributed by atoms with E-state index in [2.05, 4.69) is 10.6 Å². The molecular formula is C14H19FN2O4. The van der Waals surface area contributed by atoms with Crippen molar-refractivity contribution in [2.45, 2.75) is 39.0 Å². The number of urea groups is 1. The monoisotopic (exact) mass is 298 g/mol. The van der Waals surface area contributed by atoms with E-state index in [1.54, 1.807) is 26.0 Å². The Balaban J connectivity index is 2.69. The van der Waals surface area contributed by atoms with E-state index in [1.165, 1.54) is 13.0 Å². The molecular weight excluding hydrogens is 279 g/mol. The first-order valence-electron chi connectivity index (χ1n) is 6.46. The van der Waals surface area contributed by atoms with Crippen molar-refractivity contribution in [1.29, 1.82) is 0 Å².